The molecular weight excluding hydrogens is 548 g/mol. The topological polar surface area (TPSA) is 108 Å². The fraction of sp³-hybridized carbons (Fsp3) is 0.412. The van der Waals surface area contributed by atoms with E-state index in [0.29, 0.717) is 16.3 Å². The van der Waals surface area contributed by atoms with E-state index in [1.165, 1.54) is 16.9 Å². The van der Waals surface area contributed by atoms with Crippen molar-refractivity contribution in [2.24, 2.45) is 10.7 Å². The van der Waals surface area contributed by atoms with Crippen LogP contribution in [0.2, 0.25) is 0 Å². The molecule has 2 aromatic carbocycles. The van der Waals surface area contributed by atoms with E-state index in [-0.39, 0.29) is 29.8 Å². The molecule has 8 heteroatoms. The molecule has 3 aromatic rings. The van der Waals surface area contributed by atoms with Crippen molar-refractivity contribution in [1.29, 1.82) is 0 Å². The van der Waals surface area contributed by atoms with Crippen LogP contribution in [0.25, 0.3) is 11.1 Å². The maximum absolute atomic E-state index is 13.2. The number of esters is 2. The summed E-state index contributed by atoms with van der Waals surface area (Å²) < 4.78 is 10.7. The monoisotopic (exact) mass is 588 g/mol. The van der Waals surface area contributed by atoms with Crippen LogP contribution < -0.4 is 5.73 Å². The first-order chi connectivity index (χ1) is 19.7. The molecule has 0 spiro atoms. The molecule has 42 heavy (non-hydrogen) atoms. The van der Waals surface area contributed by atoms with Gasteiger partial charge in [-0.1, -0.05) is 51.1 Å². The van der Waals surface area contributed by atoms with E-state index in [0.717, 1.165) is 34.1 Å². The van der Waals surface area contributed by atoms with Crippen molar-refractivity contribution in [3.05, 3.63) is 74.7 Å². The summed E-state index contributed by atoms with van der Waals surface area (Å²) in [6.07, 6.45) is 3.23. The summed E-state index contributed by atoms with van der Waals surface area (Å²) in [5, 5.41) is 0.348. The molecule has 1 heterocycles. The average molecular weight is 589 g/mol. The second-order valence-corrected chi connectivity index (χ2v) is 13.0. The number of aldehydes is 1. The second-order valence-electron chi connectivity index (χ2n) is 12.0. The highest BCUT2D eigenvalue weighted by Gasteiger charge is 2.38. The van der Waals surface area contributed by atoms with E-state index >= 15 is 0 Å². The van der Waals surface area contributed by atoms with E-state index in [9.17, 15) is 14.4 Å². The Labute approximate surface area is 252 Å². The number of ether oxygens (including phenoxy) is 2. The first-order valence-corrected chi connectivity index (χ1v) is 15.2. The first kappa shape index (κ1) is 31.3. The summed E-state index contributed by atoms with van der Waals surface area (Å²) in [4.78, 5) is 43.3. The van der Waals surface area contributed by atoms with Crippen molar-refractivity contribution >= 4 is 40.8 Å². The molecule has 0 amide bonds. The fourth-order valence-electron chi connectivity index (χ4n) is 5.30. The minimum Gasteiger partial charge on any atom is -0.462 e. The molecule has 0 fully saturated rings. The standard InChI is InChI=1S/C34H40N2O5S/c1-9-34(8,35)28-26(30(38)40-10-2)27(31(39)41-11-3)29(42-28)36-18-20-12-14-22-23-15-13-21(32(4,5)19-37)17-25(23)33(6,7)24(22)16-20/h12-19H,9-11,35H2,1-8H3. The Morgan fingerprint density at radius 3 is 2.07 bits per heavy atom. The van der Waals surface area contributed by atoms with E-state index in [4.69, 9.17) is 20.2 Å². The summed E-state index contributed by atoms with van der Waals surface area (Å²) >= 11 is 1.21. The lowest BCUT2D eigenvalue weighted by atomic mass is 9.78. The lowest BCUT2D eigenvalue weighted by Gasteiger charge is -2.24. The van der Waals surface area contributed by atoms with Crippen LogP contribution in [0.5, 0.6) is 0 Å². The number of rotatable bonds is 10. The van der Waals surface area contributed by atoms with Gasteiger partial charge in [0, 0.05) is 27.5 Å². The highest BCUT2D eigenvalue weighted by molar-refractivity contribution is 7.16. The summed E-state index contributed by atoms with van der Waals surface area (Å²) in [7, 11) is 0. The molecule has 4 rings (SSSR count). The number of fused-ring (bicyclic) bond motifs is 3. The lowest BCUT2D eigenvalue weighted by Crippen LogP contribution is -2.33. The minimum absolute atomic E-state index is 0.0795. The van der Waals surface area contributed by atoms with Crippen LogP contribution in [-0.4, -0.2) is 37.7 Å². The van der Waals surface area contributed by atoms with Gasteiger partial charge in [-0.15, -0.1) is 11.3 Å². The Kier molecular flexibility index (Phi) is 8.63. The molecule has 0 radical (unpaired) electrons. The smallest absolute Gasteiger partial charge is 0.342 e. The van der Waals surface area contributed by atoms with Crippen LogP contribution in [0, 0.1) is 0 Å². The first-order valence-electron chi connectivity index (χ1n) is 14.3. The zero-order chi connectivity index (χ0) is 31.0. The van der Waals surface area contributed by atoms with Gasteiger partial charge in [-0.3, -0.25) is 0 Å². The lowest BCUT2D eigenvalue weighted by molar-refractivity contribution is -0.111. The molecule has 1 atom stereocenters. The third-order valence-corrected chi connectivity index (χ3v) is 9.55. The fourth-order valence-corrected chi connectivity index (χ4v) is 6.55. The Morgan fingerprint density at radius 1 is 0.929 bits per heavy atom. The van der Waals surface area contributed by atoms with Crippen molar-refractivity contribution < 1.29 is 23.9 Å². The minimum atomic E-state index is -0.873. The van der Waals surface area contributed by atoms with Crippen LogP contribution in [-0.2, 0) is 30.6 Å². The largest absolute Gasteiger partial charge is 0.462 e. The molecule has 0 saturated carbocycles. The predicted octanol–water partition coefficient (Wildman–Crippen LogP) is 7.22. The van der Waals surface area contributed by atoms with Crippen molar-refractivity contribution in [1.82, 2.24) is 0 Å². The normalized spacial score (nSPS) is 15.2. The molecule has 222 valence electrons. The molecule has 1 aliphatic carbocycles. The van der Waals surface area contributed by atoms with Crippen LogP contribution >= 0.6 is 11.3 Å². The van der Waals surface area contributed by atoms with Crippen molar-refractivity contribution in [2.75, 3.05) is 13.2 Å². The van der Waals surface area contributed by atoms with Gasteiger partial charge < -0.3 is 20.0 Å². The Bertz CT molecular complexity index is 1580. The quantitative estimate of drug-likeness (QED) is 0.152. The Balaban J connectivity index is 1.81. The van der Waals surface area contributed by atoms with Gasteiger partial charge in [0.05, 0.1) is 18.8 Å². The molecule has 7 nitrogen and oxygen atoms in total. The van der Waals surface area contributed by atoms with Crippen LogP contribution in [0.3, 0.4) is 0 Å². The van der Waals surface area contributed by atoms with Gasteiger partial charge in [0.25, 0.3) is 0 Å². The van der Waals surface area contributed by atoms with E-state index in [1.54, 1.807) is 20.1 Å². The molecule has 0 saturated heterocycles. The Hall–Kier alpha value is -3.62. The molecule has 1 aromatic heterocycles. The molecule has 0 aliphatic heterocycles. The van der Waals surface area contributed by atoms with Crippen LogP contribution in [0.4, 0.5) is 5.00 Å². The van der Waals surface area contributed by atoms with Gasteiger partial charge in [-0.25, -0.2) is 14.6 Å². The molecule has 2 N–H and O–H groups in total. The van der Waals surface area contributed by atoms with E-state index in [1.807, 2.05) is 39.8 Å². The van der Waals surface area contributed by atoms with E-state index in [2.05, 4.69) is 38.1 Å². The number of benzene rings is 2. The predicted molar refractivity (Wildman–Crippen MR) is 168 cm³/mol. The van der Waals surface area contributed by atoms with Gasteiger partial charge in [0.15, 0.2) is 0 Å². The zero-order valence-corrected chi connectivity index (χ0v) is 26.5. The number of hydrogen-bond acceptors (Lipinski definition) is 8. The number of hydrogen-bond donors (Lipinski definition) is 1. The zero-order valence-electron chi connectivity index (χ0n) is 25.7. The number of aliphatic imine (C=N–C) groups is 1. The molecular formula is C34H40N2O5S. The average Bonchev–Trinajstić information content (AvgIpc) is 3.46. The van der Waals surface area contributed by atoms with Gasteiger partial charge in [0.1, 0.15) is 16.9 Å². The highest BCUT2D eigenvalue weighted by atomic mass is 32.1. The maximum Gasteiger partial charge on any atom is 0.342 e. The number of thiophene rings is 1. The summed E-state index contributed by atoms with van der Waals surface area (Å²) in [5.41, 5.74) is 11.5. The van der Waals surface area contributed by atoms with Gasteiger partial charge in [0.2, 0.25) is 0 Å². The molecule has 0 bridgehead atoms. The van der Waals surface area contributed by atoms with Crippen molar-refractivity contribution in [3.8, 4) is 11.1 Å². The summed E-state index contributed by atoms with van der Waals surface area (Å²) in [6, 6.07) is 12.4. The highest BCUT2D eigenvalue weighted by Crippen LogP contribution is 2.50. The number of nitrogens with two attached hydrogens (primary N) is 1. The summed E-state index contributed by atoms with van der Waals surface area (Å²) in [5.74, 6) is -1.26. The molecule has 1 aliphatic rings. The summed E-state index contributed by atoms with van der Waals surface area (Å²) in [6.45, 7) is 15.7. The van der Waals surface area contributed by atoms with Crippen LogP contribution in [0.15, 0.2) is 41.4 Å². The number of carbonyl (C=O) groups is 3. The number of nitrogens with zero attached hydrogens (tertiary/aromatic N) is 1. The maximum atomic E-state index is 13.2. The Morgan fingerprint density at radius 2 is 1.50 bits per heavy atom. The second kappa shape index (κ2) is 11.6. The van der Waals surface area contributed by atoms with Gasteiger partial charge in [-0.2, -0.15) is 0 Å². The van der Waals surface area contributed by atoms with E-state index < -0.39 is 22.9 Å². The van der Waals surface area contributed by atoms with Crippen molar-refractivity contribution in [3.63, 3.8) is 0 Å². The third kappa shape index (κ3) is 5.45. The third-order valence-electron chi connectivity index (χ3n) is 8.17. The van der Waals surface area contributed by atoms with Gasteiger partial charge in [-0.05, 0) is 80.5 Å². The number of carbonyl (C=O) groups excluding carboxylic acids is 3. The van der Waals surface area contributed by atoms with Gasteiger partial charge >= 0.3 is 11.9 Å². The SMILES string of the molecule is CCOC(=O)c1c(N=Cc2ccc3c(c2)C(C)(C)c2cc(C(C)(C)C=O)ccc2-3)sc(C(C)(N)CC)c1C(=O)OCC. The molecule has 1 unspecified atom stereocenters. The van der Waals surface area contributed by atoms with Crippen LogP contribution in [0.1, 0.15) is 110 Å². The van der Waals surface area contributed by atoms with Crippen molar-refractivity contribution in [2.45, 2.75) is 78.2 Å².